The third kappa shape index (κ3) is 2.67. The van der Waals surface area contributed by atoms with E-state index in [2.05, 4.69) is 0 Å². The summed E-state index contributed by atoms with van der Waals surface area (Å²) in [6.45, 7) is -13.8. The van der Waals surface area contributed by atoms with E-state index >= 15 is 8.78 Å². The van der Waals surface area contributed by atoms with Gasteiger partial charge in [-0.2, -0.15) is 0 Å². The van der Waals surface area contributed by atoms with Crippen LogP contribution >= 0.6 is 0 Å². The van der Waals surface area contributed by atoms with Crippen molar-refractivity contribution in [2.45, 2.75) is 18.9 Å². The second kappa shape index (κ2) is 6.38. The molecule has 27 heavy (non-hydrogen) atoms. The van der Waals surface area contributed by atoms with Crippen molar-refractivity contribution in [2.75, 3.05) is 30.9 Å². The minimum atomic E-state index is -3.54. The van der Waals surface area contributed by atoms with Crippen molar-refractivity contribution in [2.24, 2.45) is 0 Å². The number of hydrogen-bond acceptors (Lipinski definition) is 6. The molecule has 142 valence electrons. The third-order valence-electron chi connectivity index (χ3n) is 4.29. The number of benzene rings is 1. The molecule has 1 unspecified atom stereocenters. The van der Waals surface area contributed by atoms with E-state index in [1.807, 2.05) is 5.32 Å². The molecule has 4 rings (SSSR count). The Morgan fingerprint density at radius 1 is 1.07 bits per heavy atom. The number of carbonyl (C=O) groups is 4. The summed E-state index contributed by atoms with van der Waals surface area (Å²) in [6.07, 6.45) is -0.548. The molecule has 1 aromatic carbocycles. The molecular weight excluding hydrogens is 362 g/mol. The molecule has 2 N–H and O–H groups in total. The lowest BCUT2D eigenvalue weighted by atomic mass is 10.0. The number of imide groups is 2. The Kier molecular flexibility index (Phi) is 2.47. The van der Waals surface area contributed by atoms with Gasteiger partial charge in [0.05, 0.1) is 22.3 Å². The van der Waals surface area contributed by atoms with Gasteiger partial charge in [0, 0.05) is 37.9 Å². The Labute approximate surface area is 163 Å². The molecular formula is C17H16F2N4O4. The zero-order valence-electron chi connectivity index (χ0n) is 21.4. The van der Waals surface area contributed by atoms with Crippen LogP contribution < -0.4 is 15.5 Å². The molecule has 0 aromatic heterocycles. The fraction of sp³-hybridized carbons (Fsp3) is 0.412. The largest absolute Gasteiger partial charge is 0.367 e. The van der Waals surface area contributed by atoms with E-state index in [-0.39, 0.29) is 17.7 Å². The number of amides is 4. The minimum Gasteiger partial charge on any atom is -0.367 e. The van der Waals surface area contributed by atoms with Crippen molar-refractivity contribution in [1.82, 2.24) is 15.5 Å². The van der Waals surface area contributed by atoms with E-state index in [1.54, 1.807) is 0 Å². The molecule has 4 amide bonds. The number of carbonyl (C=O) groups excluding carboxylic acids is 4. The molecule has 0 radical (unpaired) electrons. The Balaban J connectivity index is 1.89. The third-order valence-corrected chi connectivity index (χ3v) is 4.29. The van der Waals surface area contributed by atoms with E-state index < -0.39 is 84.1 Å². The normalized spacial score (nSPS) is 34.8. The van der Waals surface area contributed by atoms with E-state index in [1.165, 1.54) is 5.32 Å². The van der Waals surface area contributed by atoms with Gasteiger partial charge < -0.3 is 10.2 Å². The van der Waals surface area contributed by atoms with Crippen LogP contribution in [0.4, 0.5) is 14.5 Å². The summed E-state index contributed by atoms with van der Waals surface area (Å²) in [5.41, 5.74) is -3.36. The van der Waals surface area contributed by atoms with Crippen molar-refractivity contribution < 1.29 is 38.9 Å². The van der Waals surface area contributed by atoms with Crippen LogP contribution in [-0.2, 0) is 9.59 Å². The highest BCUT2D eigenvalue weighted by molar-refractivity contribution is 6.24. The summed E-state index contributed by atoms with van der Waals surface area (Å²) in [5, 5.41) is 3.44. The van der Waals surface area contributed by atoms with Crippen LogP contribution in [0.25, 0.3) is 0 Å². The second-order valence-corrected chi connectivity index (χ2v) is 5.83. The van der Waals surface area contributed by atoms with Gasteiger partial charge in [0.25, 0.3) is 11.8 Å². The first-order chi connectivity index (χ1) is 15.9. The summed E-state index contributed by atoms with van der Waals surface area (Å²) in [7, 11) is 0. The van der Waals surface area contributed by atoms with Crippen LogP contribution in [0.1, 0.15) is 44.5 Å². The van der Waals surface area contributed by atoms with Crippen molar-refractivity contribution in [1.29, 1.82) is 0 Å². The Morgan fingerprint density at radius 2 is 1.78 bits per heavy atom. The number of nitrogens with zero attached hydrogens (tertiary/aromatic N) is 2. The van der Waals surface area contributed by atoms with Crippen LogP contribution in [0.2, 0.25) is 0 Å². The van der Waals surface area contributed by atoms with Gasteiger partial charge in [-0.05, 0) is 12.5 Å². The molecule has 3 heterocycles. The predicted octanol–water partition coefficient (Wildman–Crippen LogP) is -0.224. The lowest BCUT2D eigenvalue weighted by Gasteiger charge is -2.30. The first-order valence-corrected chi connectivity index (χ1v) is 7.70. The van der Waals surface area contributed by atoms with Gasteiger partial charge in [0.15, 0.2) is 11.6 Å². The highest BCUT2D eigenvalue weighted by Crippen LogP contribution is 2.35. The molecule has 0 saturated carbocycles. The van der Waals surface area contributed by atoms with Crippen LogP contribution in [-0.4, -0.2) is 60.6 Å². The summed E-state index contributed by atoms with van der Waals surface area (Å²) < 4.78 is 93.8. The monoisotopic (exact) mass is 386 g/mol. The molecule has 2 fully saturated rings. The van der Waals surface area contributed by atoms with Crippen LogP contribution in [0.5, 0.6) is 0 Å². The highest BCUT2D eigenvalue weighted by Gasteiger charge is 2.47. The van der Waals surface area contributed by atoms with E-state index in [0.29, 0.717) is 11.0 Å². The first-order valence-electron chi connectivity index (χ1n) is 11.7. The van der Waals surface area contributed by atoms with Gasteiger partial charge in [-0.3, -0.25) is 29.4 Å². The van der Waals surface area contributed by atoms with Crippen LogP contribution in [0, 0.1) is 11.6 Å². The molecule has 0 aliphatic carbocycles. The molecule has 10 heteroatoms. The van der Waals surface area contributed by atoms with E-state index in [4.69, 9.17) is 11.0 Å². The van der Waals surface area contributed by atoms with Crippen LogP contribution in [0.3, 0.4) is 0 Å². The number of nitrogens with one attached hydrogen (secondary N) is 2. The van der Waals surface area contributed by atoms with Gasteiger partial charge in [-0.15, -0.1) is 0 Å². The lowest BCUT2D eigenvalue weighted by molar-refractivity contribution is -0.136. The lowest BCUT2D eigenvalue weighted by Crippen LogP contribution is -2.54. The number of piperidine rings is 1. The average molecular weight is 386 g/mol. The van der Waals surface area contributed by atoms with Gasteiger partial charge >= 0.3 is 0 Å². The van der Waals surface area contributed by atoms with Crippen molar-refractivity contribution in [3.63, 3.8) is 0 Å². The van der Waals surface area contributed by atoms with Gasteiger partial charge in [0.2, 0.25) is 11.8 Å². The topological polar surface area (TPSA) is 98.8 Å². The van der Waals surface area contributed by atoms with Crippen LogP contribution in [0.15, 0.2) is 6.07 Å². The number of fused-ring (bicyclic) bond motifs is 1. The fourth-order valence-electron chi connectivity index (χ4n) is 3.05. The summed E-state index contributed by atoms with van der Waals surface area (Å²) in [4.78, 5) is 49.3. The fourth-order valence-corrected chi connectivity index (χ4v) is 3.05. The van der Waals surface area contributed by atoms with E-state index in [9.17, 15) is 19.2 Å². The van der Waals surface area contributed by atoms with E-state index in [0.717, 1.165) is 0 Å². The molecule has 3 aliphatic heterocycles. The number of rotatable bonds is 2. The Bertz CT molecular complexity index is 1190. The SMILES string of the molecule is [2H]C1([2H])NC([2H])([2H])C([2H])([2H])N(c2cc3c(c(F)c2F)C(=O)N(C2CCC(=O)NC2=O)C3=O)C1([2H])[2H]. The zero-order valence-corrected chi connectivity index (χ0v) is 13.4. The van der Waals surface area contributed by atoms with Gasteiger partial charge in [0.1, 0.15) is 6.04 Å². The summed E-state index contributed by atoms with van der Waals surface area (Å²) in [6, 6.07) is -1.13. The maximum absolute atomic E-state index is 15.2. The number of piperazine rings is 1. The molecule has 0 bridgehead atoms. The summed E-state index contributed by atoms with van der Waals surface area (Å²) >= 11 is 0. The number of anilines is 1. The van der Waals surface area contributed by atoms with Gasteiger partial charge in [-0.1, -0.05) is 0 Å². The minimum absolute atomic E-state index is 0.253. The quantitative estimate of drug-likeness (QED) is 0.682. The maximum Gasteiger partial charge on any atom is 0.265 e. The Hall–Kier alpha value is -2.88. The molecule has 1 atom stereocenters. The summed E-state index contributed by atoms with van der Waals surface area (Å²) in [5.74, 6) is -8.49. The molecule has 0 spiro atoms. The second-order valence-electron chi connectivity index (χ2n) is 5.83. The van der Waals surface area contributed by atoms with Crippen molar-refractivity contribution in [3.8, 4) is 0 Å². The Morgan fingerprint density at radius 3 is 2.44 bits per heavy atom. The standard InChI is InChI=1S/C17H16F2N4O4/c18-13-10(22-5-3-20-4-6-22)7-8-12(14(13)19)17(27)23(16(8)26)9-1-2-11(24)21-15(9)25/h7,9,20H,1-6H2,(H,21,24,25)/i3D2,4D2,5D2,6D2. The number of hydrogen-bond donors (Lipinski definition) is 2. The smallest absolute Gasteiger partial charge is 0.265 e. The average Bonchev–Trinajstić information content (AvgIpc) is 2.94. The maximum atomic E-state index is 15.2. The molecule has 8 nitrogen and oxygen atoms in total. The molecule has 3 aliphatic rings. The van der Waals surface area contributed by atoms with Gasteiger partial charge in [-0.25, -0.2) is 8.78 Å². The molecule has 1 aromatic rings. The molecule has 2 saturated heterocycles. The highest BCUT2D eigenvalue weighted by atomic mass is 19.2. The zero-order chi connectivity index (χ0) is 26.5. The first kappa shape index (κ1) is 10.5. The predicted molar refractivity (Wildman–Crippen MR) is 88.1 cm³/mol. The van der Waals surface area contributed by atoms with Crippen molar-refractivity contribution >= 4 is 29.3 Å². The van der Waals surface area contributed by atoms with Crippen molar-refractivity contribution in [3.05, 3.63) is 28.8 Å². The number of halogens is 2.